The van der Waals surface area contributed by atoms with Crippen molar-refractivity contribution < 1.29 is 13.9 Å². The number of benzene rings is 3. The maximum Gasteiger partial charge on any atom is 0.161 e. The highest BCUT2D eigenvalue weighted by Crippen LogP contribution is 2.29. The van der Waals surface area contributed by atoms with Crippen LogP contribution in [0.25, 0.3) is 0 Å². The van der Waals surface area contributed by atoms with Crippen LogP contribution in [0.2, 0.25) is 0 Å². The lowest BCUT2D eigenvalue weighted by atomic mass is 10.1. The number of methoxy groups -OCH3 is 1. The van der Waals surface area contributed by atoms with Crippen molar-refractivity contribution in [2.24, 2.45) is 0 Å². The van der Waals surface area contributed by atoms with Crippen LogP contribution < -0.4 is 14.8 Å². The Hall–Kier alpha value is -2.85. The van der Waals surface area contributed by atoms with E-state index >= 15 is 0 Å². The molecule has 0 aromatic heterocycles. The molecule has 1 N–H and O–H groups in total. The summed E-state index contributed by atoms with van der Waals surface area (Å²) in [4.78, 5) is 0. The minimum Gasteiger partial charge on any atom is -0.493 e. The van der Waals surface area contributed by atoms with Gasteiger partial charge in [0.15, 0.2) is 11.5 Å². The Kier molecular flexibility index (Phi) is 6.44. The lowest BCUT2D eigenvalue weighted by molar-refractivity contribution is 0.284. The minimum atomic E-state index is -0.251. The molecule has 0 aliphatic rings. The van der Waals surface area contributed by atoms with Gasteiger partial charge in [0.05, 0.1) is 7.11 Å². The fourth-order valence-corrected chi connectivity index (χ4v) is 2.74. The number of ether oxygens (including phenoxy) is 2. The monoisotopic (exact) mass is 365 g/mol. The zero-order valence-electron chi connectivity index (χ0n) is 15.7. The first-order valence-electron chi connectivity index (χ1n) is 8.94. The molecule has 27 heavy (non-hydrogen) atoms. The first-order chi connectivity index (χ1) is 13.1. The van der Waals surface area contributed by atoms with Gasteiger partial charge in [-0.25, -0.2) is 4.39 Å². The molecule has 140 valence electrons. The third-order valence-electron chi connectivity index (χ3n) is 4.31. The molecule has 0 bridgehead atoms. The van der Waals surface area contributed by atoms with Gasteiger partial charge in [-0.1, -0.05) is 48.0 Å². The van der Waals surface area contributed by atoms with Gasteiger partial charge >= 0.3 is 0 Å². The Bertz CT molecular complexity index is 861. The second-order valence-electron chi connectivity index (χ2n) is 6.49. The molecular weight excluding hydrogens is 341 g/mol. The van der Waals surface area contributed by atoms with E-state index in [2.05, 4.69) is 36.5 Å². The Balaban J connectivity index is 1.56. The normalized spacial score (nSPS) is 10.6. The van der Waals surface area contributed by atoms with Gasteiger partial charge in [-0.15, -0.1) is 0 Å². The van der Waals surface area contributed by atoms with Crippen molar-refractivity contribution in [1.29, 1.82) is 0 Å². The molecule has 0 spiro atoms. The standard InChI is InChI=1S/C23H24FNO2/c1-17-3-5-18(6-4-17)14-25-15-20-9-12-22(23(13-20)26-2)27-16-19-7-10-21(24)11-8-19/h3-13,25H,14-16H2,1-2H3. The highest BCUT2D eigenvalue weighted by Gasteiger charge is 2.07. The Morgan fingerprint density at radius 3 is 2.11 bits per heavy atom. The molecule has 3 rings (SSSR count). The van der Waals surface area contributed by atoms with E-state index in [-0.39, 0.29) is 5.82 Å². The van der Waals surface area contributed by atoms with Crippen LogP contribution in [-0.2, 0) is 19.7 Å². The molecule has 3 nitrogen and oxygen atoms in total. The van der Waals surface area contributed by atoms with Gasteiger partial charge in [-0.2, -0.15) is 0 Å². The van der Waals surface area contributed by atoms with E-state index < -0.39 is 0 Å². The predicted molar refractivity (Wildman–Crippen MR) is 105 cm³/mol. The highest BCUT2D eigenvalue weighted by atomic mass is 19.1. The van der Waals surface area contributed by atoms with Crippen molar-refractivity contribution in [3.63, 3.8) is 0 Å². The van der Waals surface area contributed by atoms with Gasteiger partial charge in [0.25, 0.3) is 0 Å². The van der Waals surface area contributed by atoms with Gasteiger partial charge in [0.2, 0.25) is 0 Å². The molecule has 0 amide bonds. The van der Waals surface area contributed by atoms with E-state index in [9.17, 15) is 4.39 Å². The van der Waals surface area contributed by atoms with Crippen molar-refractivity contribution in [2.45, 2.75) is 26.6 Å². The molecule has 0 unspecified atom stereocenters. The molecule has 0 saturated carbocycles. The summed E-state index contributed by atoms with van der Waals surface area (Å²) < 4.78 is 24.3. The number of hydrogen-bond acceptors (Lipinski definition) is 3. The van der Waals surface area contributed by atoms with E-state index in [1.807, 2.05) is 18.2 Å². The predicted octanol–water partition coefficient (Wildman–Crippen LogP) is 5.01. The van der Waals surface area contributed by atoms with Gasteiger partial charge in [-0.05, 0) is 47.9 Å². The summed E-state index contributed by atoms with van der Waals surface area (Å²) in [6, 6.07) is 20.7. The number of nitrogens with one attached hydrogen (secondary N) is 1. The summed E-state index contributed by atoms with van der Waals surface area (Å²) in [6.45, 7) is 4.00. The van der Waals surface area contributed by atoms with Gasteiger partial charge < -0.3 is 14.8 Å². The molecule has 0 atom stereocenters. The van der Waals surface area contributed by atoms with Crippen LogP contribution in [0.15, 0.2) is 66.7 Å². The number of hydrogen-bond donors (Lipinski definition) is 1. The molecule has 0 aliphatic heterocycles. The summed E-state index contributed by atoms with van der Waals surface area (Å²) in [5.74, 6) is 1.11. The molecule has 4 heteroatoms. The van der Waals surface area contributed by atoms with E-state index in [4.69, 9.17) is 9.47 Å². The lowest BCUT2D eigenvalue weighted by Crippen LogP contribution is -2.12. The first kappa shape index (κ1) is 18.9. The fourth-order valence-electron chi connectivity index (χ4n) is 2.74. The molecule has 3 aromatic carbocycles. The van der Waals surface area contributed by atoms with Crippen LogP contribution in [0.1, 0.15) is 22.3 Å². The zero-order valence-corrected chi connectivity index (χ0v) is 15.7. The minimum absolute atomic E-state index is 0.251. The van der Waals surface area contributed by atoms with Gasteiger partial charge in [0.1, 0.15) is 12.4 Å². The molecule has 0 radical (unpaired) electrons. The Labute approximate surface area is 159 Å². The number of aryl methyl sites for hydroxylation is 1. The molecule has 0 heterocycles. The van der Waals surface area contributed by atoms with E-state index in [0.29, 0.717) is 18.1 Å². The largest absolute Gasteiger partial charge is 0.493 e. The molecular formula is C23H24FNO2. The molecule has 0 saturated heterocycles. The molecule has 3 aromatic rings. The van der Waals surface area contributed by atoms with E-state index in [1.54, 1.807) is 19.2 Å². The third-order valence-corrected chi connectivity index (χ3v) is 4.31. The number of halogens is 1. The summed E-state index contributed by atoms with van der Waals surface area (Å²) in [6.07, 6.45) is 0. The van der Waals surface area contributed by atoms with Crippen molar-refractivity contribution in [1.82, 2.24) is 5.32 Å². The third kappa shape index (κ3) is 5.56. The van der Waals surface area contributed by atoms with Crippen LogP contribution >= 0.6 is 0 Å². The molecule has 0 aliphatic carbocycles. The fraction of sp³-hybridized carbons (Fsp3) is 0.217. The Morgan fingerprint density at radius 1 is 0.778 bits per heavy atom. The maximum absolute atomic E-state index is 13.0. The van der Waals surface area contributed by atoms with Crippen molar-refractivity contribution in [3.8, 4) is 11.5 Å². The van der Waals surface area contributed by atoms with E-state index in [1.165, 1.54) is 23.3 Å². The zero-order chi connectivity index (χ0) is 19.1. The Morgan fingerprint density at radius 2 is 1.41 bits per heavy atom. The smallest absolute Gasteiger partial charge is 0.161 e. The van der Waals surface area contributed by atoms with Crippen LogP contribution in [0.3, 0.4) is 0 Å². The van der Waals surface area contributed by atoms with Crippen LogP contribution in [-0.4, -0.2) is 7.11 Å². The quantitative estimate of drug-likeness (QED) is 0.609. The summed E-state index contributed by atoms with van der Waals surface area (Å²) in [7, 11) is 1.63. The topological polar surface area (TPSA) is 30.5 Å². The van der Waals surface area contributed by atoms with Gasteiger partial charge in [-0.3, -0.25) is 0 Å². The summed E-state index contributed by atoms with van der Waals surface area (Å²) in [5, 5.41) is 3.44. The van der Waals surface area contributed by atoms with Crippen molar-refractivity contribution >= 4 is 0 Å². The van der Waals surface area contributed by atoms with Crippen LogP contribution in [0, 0.1) is 12.7 Å². The van der Waals surface area contributed by atoms with Gasteiger partial charge in [0, 0.05) is 13.1 Å². The molecule has 0 fully saturated rings. The summed E-state index contributed by atoms with van der Waals surface area (Å²) >= 11 is 0. The van der Waals surface area contributed by atoms with Crippen LogP contribution in [0.5, 0.6) is 11.5 Å². The second kappa shape index (κ2) is 9.19. The van der Waals surface area contributed by atoms with Crippen molar-refractivity contribution in [3.05, 3.63) is 94.8 Å². The maximum atomic E-state index is 13.0. The summed E-state index contributed by atoms with van der Waals surface area (Å²) in [5.41, 5.74) is 4.54. The van der Waals surface area contributed by atoms with E-state index in [0.717, 1.165) is 24.2 Å². The highest BCUT2D eigenvalue weighted by molar-refractivity contribution is 5.43. The average molecular weight is 365 g/mol. The lowest BCUT2D eigenvalue weighted by Gasteiger charge is -2.13. The second-order valence-corrected chi connectivity index (χ2v) is 6.49. The van der Waals surface area contributed by atoms with Crippen LogP contribution in [0.4, 0.5) is 4.39 Å². The number of rotatable bonds is 8. The SMILES string of the molecule is COc1cc(CNCc2ccc(C)cc2)ccc1OCc1ccc(F)cc1. The first-order valence-corrected chi connectivity index (χ1v) is 8.94. The van der Waals surface area contributed by atoms with Crippen molar-refractivity contribution in [2.75, 3.05) is 7.11 Å². The average Bonchev–Trinajstić information content (AvgIpc) is 2.69.